The molecule has 1 aromatic heterocycles. The number of rotatable bonds is 12. The Balaban J connectivity index is 1.56. The number of thiazole rings is 1. The largest absolute Gasteiger partial charge is 0.465 e. The summed E-state index contributed by atoms with van der Waals surface area (Å²) in [7, 11) is 0. The number of carbonyl (C=O) groups excluding carboxylic acids is 1. The molecule has 1 heterocycles. The number of nitrogens with zero attached hydrogens (tertiary/aromatic N) is 2. The predicted molar refractivity (Wildman–Crippen MR) is 122 cm³/mol. The van der Waals surface area contributed by atoms with Crippen molar-refractivity contribution < 1.29 is 23.8 Å². The summed E-state index contributed by atoms with van der Waals surface area (Å²) in [5.41, 5.74) is 1.31. The van der Waals surface area contributed by atoms with Crippen molar-refractivity contribution in [2.75, 3.05) is 13.2 Å². The van der Waals surface area contributed by atoms with E-state index in [0.717, 1.165) is 41.9 Å². The van der Waals surface area contributed by atoms with Gasteiger partial charge in [-0.15, -0.1) is 11.3 Å². The average molecular weight is 466 g/mol. The summed E-state index contributed by atoms with van der Waals surface area (Å²) in [5.74, 6) is -0.467. The van der Waals surface area contributed by atoms with Crippen LogP contribution in [0.25, 0.3) is 0 Å². The molecule has 0 unspecified atom stereocenters. The van der Waals surface area contributed by atoms with Crippen LogP contribution in [0.2, 0.25) is 0 Å². The van der Waals surface area contributed by atoms with E-state index in [0.29, 0.717) is 13.1 Å². The molecule has 0 saturated heterocycles. The standard InChI is InChI=1S/C23H32FN3O4S/c1-23(2,3)27(22(29)30)13-21-26-19(16-32-21)7-5-4-6-12-25-20(28)15-31-14-17-8-10-18(24)11-9-17/h8-11,16H,4-7,12-15H2,1-3H3,(H,25,28)(H,29,30). The van der Waals surface area contributed by atoms with E-state index in [1.807, 2.05) is 26.2 Å². The molecule has 2 rings (SSSR count). The first-order valence-corrected chi connectivity index (χ1v) is 11.6. The van der Waals surface area contributed by atoms with E-state index in [1.165, 1.54) is 28.4 Å². The van der Waals surface area contributed by atoms with Gasteiger partial charge in [0.25, 0.3) is 0 Å². The Morgan fingerprint density at radius 2 is 1.91 bits per heavy atom. The normalized spacial score (nSPS) is 11.4. The number of carbonyl (C=O) groups is 2. The molecule has 2 amide bonds. The van der Waals surface area contributed by atoms with E-state index in [-0.39, 0.29) is 24.9 Å². The number of aryl methyl sites for hydroxylation is 1. The quantitative estimate of drug-likeness (QED) is 0.447. The molecule has 7 nitrogen and oxygen atoms in total. The second-order valence-electron chi connectivity index (χ2n) is 8.55. The fourth-order valence-electron chi connectivity index (χ4n) is 2.99. The van der Waals surface area contributed by atoms with Crippen LogP contribution < -0.4 is 5.32 Å². The Hall–Kier alpha value is -2.52. The molecule has 0 aliphatic heterocycles. The third kappa shape index (κ3) is 9.32. The molecule has 9 heteroatoms. The maximum absolute atomic E-state index is 12.8. The van der Waals surface area contributed by atoms with Crippen molar-refractivity contribution >= 4 is 23.3 Å². The summed E-state index contributed by atoms with van der Waals surface area (Å²) in [6, 6.07) is 5.99. The maximum Gasteiger partial charge on any atom is 0.408 e. The predicted octanol–water partition coefficient (Wildman–Crippen LogP) is 4.61. The smallest absolute Gasteiger partial charge is 0.408 e. The zero-order chi connectivity index (χ0) is 23.6. The Labute approximate surface area is 192 Å². The van der Waals surface area contributed by atoms with Crippen LogP contribution in [0.1, 0.15) is 56.3 Å². The molecule has 0 fully saturated rings. The van der Waals surface area contributed by atoms with Crippen LogP contribution in [-0.2, 0) is 29.1 Å². The molecule has 176 valence electrons. The summed E-state index contributed by atoms with van der Waals surface area (Å²) in [6.07, 6.45) is 2.64. The van der Waals surface area contributed by atoms with Crippen molar-refractivity contribution in [2.24, 2.45) is 0 Å². The zero-order valence-electron chi connectivity index (χ0n) is 18.9. The lowest BCUT2D eigenvalue weighted by Gasteiger charge is -2.32. The number of ether oxygens (including phenoxy) is 1. The number of aromatic nitrogens is 1. The summed E-state index contributed by atoms with van der Waals surface area (Å²) in [5, 5.41) is 15.0. The van der Waals surface area contributed by atoms with Crippen molar-refractivity contribution in [1.82, 2.24) is 15.2 Å². The molecule has 2 N–H and O–H groups in total. The van der Waals surface area contributed by atoms with Gasteiger partial charge in [0.1, 0.15) is 17.4 Å². The Morgan fingerprint density at radius 1 is 1.19 bits per heavy atom. The van der Waals surface area contributed by atoms with Crippen LogP contribution in [0.4, 0.5) is 9.18 Å². The molecule has 1 aromatic carbocycles. The summed E-state index contributed by atoms with van der Waals surface area (Å²) in [4.78, 5) is 29.2. The van der Waals surface area contributed by atoms with Gasteiger partial charge >= 0.3 is 6.09 Å². The second-order valence-corrected chi connectivity index (χ2v) is 9.49. The van der Waals surface area contributed by atoms with Gasteiger partial charge in [-0.05, 0) is 57.7 Å². The molecule has 0 radical (unpaired) electrons. The molecular weight excluding hydrogens is 433 g/mol. The summed E-state index contributed by atoms with van der Waals surface area (Å²) in [6.45, 7) is 6.72. The van der Waals surface area contributed by atoms with Crippen LogP contribution in [0, 0.1) is 5.82 Å². The van der Waals surface area contributed by atoms with Crippen molar-refractivity contribution in [3.8, 4) is 0 Å². The number of nitrogens with one attached hydrogen (secondary N) is 1. The van der Waals surface area contributed by atoms with Crippen molar-refractivity contribution in [3.63, 3.8) is 0 Å². The number of hydrogen-bond donors (Lipinski definition) is 2. The van der Waals surface area contributed by atoms with E-state index in [1.54, 1.807) is 12.1 Å². The Kier molecular flexibility index (Phi) is 10.1. The van der Waals surface area contributed by atoms with E-state index in [4.69, 9.17) is 4.74 Å². The zero-order valence-corrected chi connectivity index (χ0v) is 19.7. The highest BCUT2D eigenvalue weighted by atomic mass is 32.1. The molecule has 0 spiro atoms. The minimum Gasteiger partial charge on any atom is -0.465 e. The highest BCUT2D eigenvalue weighted by Gasteiger charge is 2.27. The first kappa shape index (κ1) is 25.7. The highest BCUT2D eigenvalue weighted by molar-refractivity contribution is 7.09. The SMILES string of the molecule is CC(C)(C)N(Cc1nc(CCCCCNC(=O)COCc2ccc(F)cc2)cs1)C(=O)O. The van der Waals surface area contributed by atoms with Crippen molar-refractivity contribution in [1.29, 1.82) is 0 Å². The van der Waals surface area contributed by atoms with Gasteiger partial charge in [0.15, 0.2) is 0 Å². The fraction of sp³-hybridized carbons (Fsp3) is 0.522. The first-order valence-electron chi connectivity index (χ1n) is 10.7. The molecule has 2 aromatic rings. The number of halogens is 1. The third-order valence-electron chi connectivity index (χ3n) is 4.78. The number of amides is 2. The monoisotopic (exact) mass is 465 g/mol. The lowest BCUT2D eigenvalue weighted by molar-refractivity contribution is -0.126. The maximum atomic E-state index is 12.8. The van der Waals surface area contributed by atoms with E-state index in [9.17, 15) is 19.1 Å². The van der Waals surface area contributed by atoms with Crippen LogP contribution in [0.15, 0.2) is 29.6 Å². The van der Waals surface area contributed by atoms with Gasteiger partial charge in [0, 0.05) is 17.5 Å². The van der Waals surface area contributed by atoms with Gasteiger partial charge in [-0.1, -0.05) is 18.6 Å². The second kappa shape index (κ2) is 12.5. The molecule has 0 aliphatic carbocycles. The summed E-state index contributed by atoms with van der Waals surface area (Å²) >= 11 is 1.48. The molecule has 0 saturated carbocycles. The van der Waals surface area contributed by atoms with Gasteiger partial charge in [0.05, 0.1) is 18.8 Å². The van der Waals surface area contributed by atoms with Gasteiger partial charge in [-0.25, -0.2) is 14.2 Å². The topological polar surface area (TPSA) is 91.8 Å². The third-order valence-corrected chi connectivity index (χ3v) is 5.66. The van der Waals surface area contributed by atoms with Crippen molar-refractivity contribution in [2.45, 2.75) is 65.1 Å². The molecule has 0 aliphatic rings. The highest BCUT2D eigenvalue weighted by Crippen LogP contribution is 2.20. The Morgan fingerprint density at radius 3 is 2.56 bits per heavy atom. The Bertz CT molecular complexity index is 865. The molecular formula is C23H32FN3O4S. The minimum absolute atomic E-state index is 0.0269. The summed E-state index contributed by atoms with van der Waals surface area (Å²) < 4.78 is 18.2. The van der Waals surface area contributed by atoms with Gasteiger partial charge in [-0.2, -0.15) is 0 Å². The number of hydrogen-bond acceptors (Lipinski definition) is 5. The first-order chi connectivity index (χ1) is 15.1. The number of carboxylic acid groups (broad SMARTS) is 1. The minimum atomic E-state index is -0.947. The van der Waals surface area contributed by atoms with Crippen LogP contribution >= 0.6 is 11.3 Å². The van der Waals surface area contributed by atoms with Crippen LogP contribution in [0.5, 0.6) is 0 Å². The van der Waals surface area contributed by atoms with Crippen LogP contribution in [-0.4, -0.2) is 45.7 Å². The molecule has 0 atom stereocenters. The average Bonchev–Trinajstić information content (AvgIpc) is 3.17. The molecule has 0 bridgehead atoms. The van der Waals surface area contributed by atoms with E-state index >= 15 is 0 Å². The van der Waals surface area contributed by atoms with E-state index < -0.39 is 11.6 Å². The van der Waals surface area contributed by atoms with Gasteiger partial charge < -0.3 is 15.2 Å². The lowest BCUT2D eigenvalue weighted by Crippen LogP contribution is -2.44. The van der Waals surface area contributed by atoms with Gasteiger partial charge in [-0.3, -0.25) is 9.69 Å². The van der Waals surface area contributed by atoms with Gasteiger partial charge in [0.2, 0.25) is 5.91 Å². The van der Waals surface area contributed by atoms with Crippen LogP contribution in [0.3, 0.4) is 0 Å². The van der Waals surface area contributed by atoms with E-state index in [2.05, 4.69) is 10.3 Å². The molecule has 32 heavy (non-hydrogen) atoms. The van der Waals surface area contributed by atoms with Crippen molar-refractivity contribution in [3.05, 3.63) is 51.7 Å². The number of benzene rings is 1. The number of unbranched alkanes of at least 4 members (excludes halogenated alkanes) is 2. The fourth-order valence-corrected chi connectivity index (χ4v) is 3.81. The lowest BCUT2D eigenvalue weighted by atomic mass is 10.1.